The SMILES string of the molecule is COc1ccc([C@@H](C)NC(=O)CNC(=O)c2cc(Cl)ccn2)cc1F. The molecule has 0 unspecified atom stereocenters. The summed E-state index contributed by atoms with van der Waals surface area (Å²) < 4.78 is 18.6. The lowest BCUT2D eigenvalue weighted by Crippen LogP contribution is -2.38. The van der Waals surface area contributed by atoms with Crippen LogP contribution < -0.4 is 15.4 Å². The first-order valence-corrected chi connectivity index (χ1v) is 7.81. The maximum atomic E-state index is 13.7. The van der Waals surface area contributed by atoms with E-state index in [2.05, 4.69) is 15.6 Å². The standard InChI is InChI=1S/C17H17ClFN3O3/c1-10(11-3-4-15(25-2)13(19)7-11)22-16(23)9-21-17(24)14-8-12(18)5-6-20-14/h3-8,10H,9H2,1-2H3,(H,21,24)(H,22,23)/t10-/m1/s1. The van der Waals surface area contributed by atoms with Gasteiger partial charge in [0, 0.05) is 11.2 Å². The number of methoxy groups -OCH3 is 1. The van der Waals surface area contributed by atoms with Crippen molar-refractivity contribution >= 4 is 23.4 Å². The van der Waals surface area contributed by atoms with E-state index >= 15 is 0 Å². The average Bonchev–Trinajstić information content (AvgIpc) is 2.59. The number of carbonyl (C=O) groups excluding carboxylic acids is 2. The molecule has 1 aromatic heterocycles. The van der Waals surface area contributed by atoms with Crippen LogP contribution in [0.1, 0.15) is 29.0 Å². The summed E-state index contributed by atoms with van der Waals surface area (Å²) in [7, 11) is 1.38. The van der Waals surface area contributed by atoms with Gasteiger partial charge in [0.2, 0.25) is 5.91 Å². The molecule has 0 fully saturated rings. The first-order chi connectivity index (χ1) is 11.9. The van der Waals surface area contributed by atoms with Crippen LogP contribution >= 0.6 is 11.6 Å². The monoisotopic (exact) mass is 365 g/mol. The summed E-state index contributed by atoms with van der Waals surface area (Å²) in [5, 5.41) is 5.49. The van der Waals surface area contributed by atoms with Crippen molar-refractivity contribution in [3.05, 3.63) is 58.6 Å². The molecule has 8 heteroatoms. The number of amides is 2. The van der Waals surface area contributed by atoms with E-state index in [-0.39, 0.29) is 18.0 Å². The highest BCUT2D eigenvalue weighted by molar-refractivity contribution is 6.30. The van der Waals surface area contributed by atoms with E-state index in [9.17, 15) is 14.0 Å². The van der Waals surface area contributed by atoms with Gasteiger partial charge in [0.15, 0.2) is 11.6 Å². The average molecular weight is 366 g/mol. The summed E-state index contributed by atoms with van der Waals surface area (Å²) in [6.45, 7) is 1.47. The van der Waals surface area contributed by atoms with Crippen LogP contribution in [0.15, 0.2) is 36.5 Å². The van der Waals surface area contributed by atoms with Crippen LogP contribution in [-0.2, 0) is 4.79 Å². The summed E-state index contributed by atoms with van der Waals surface area (Å²) in [5.41, 5.74) is 0.694. The molecule has 0 saturated carbocycles. The normalized spacial score (nSPS) is 11.5. The quantitative estimate of drug-likeness (QED) is 0.824. The maximum Gasteiger partial charge on any atom is 0.270 e. The Morgan fingerprint density at radius 3 is 2.72 bits per heavy atom. The molecule has 25 heavy (non-hydrogen) atoms. The molecule has 6 nitrogen and oxygen atoms in total. The van der Waals surface area contributed by atoms with E-state index in [1.807, 2.05) is 0 Å². The Hall–Kier alpha value is -2.67. The van der Waals surface area contributed by atoms with Crippen LogP contribution in [-0.4, -0.2) is 30.5 Å². The molecule has 2 N–H and O–H groups in total. The second-order valence-corrected chi connectivity index (χ2v) is 5.66. The number of hydrogen-bond acceptors (Lipinski definition) is 4. The molecule has 0 aliphatic rings. The number of nitrogens with zero attached hydrogens (tertiary/aromatic N) is 1. The molecule has 2 rings (SSSR count). The van der Waals surface area contributed by atoms with E-state index in [4.69, 9.17) is 16.3 Å². The lowest BCUT2D eigenvalue weighted by atomic mass is 10.1. The third kappa shape index (κ3) is 5.15. The number of pyridine rings is 1. The minimum absolute atomic E-state index is 0.116. The smallest absolute Gasteiger partial charge is 0.270 e. The second kappa shape index (κ2) is 8.43. The Morgan fingerprint density at radius 1 is 1.32 bits per heavy atom. The Labute approximate surface area is 149 Å². The van der Waals surface area contributed by atoms with Gasteiger partial charge in [-0.15, -0.1) is 0 Å². The molecule has 0 radical (unpaired) electrons. The minimum atomic E-state index is -0.513. The summed E-state index contributed by atoms with van der Waals surface area (Å²) >= 11 is 5.78. The van der Waals surface area contributed by atoms with Gasteiger partial charge in [-0.2, -0.15) is 0 Å². The van der Waals surface area contributed by atoms with Gasteiger partial charge in [-0.3, -0.25) is 14.6 Å². The third-order valence-electron chi connectivity index (χ3n) is 3.42. The molecule has 0 aliphatic heterocycles. The van der Waals surface area contributed by atoms with Crippen LogP contribution in [0.3, 0.4) is 0 Å². The number of aromatic nitrogens is 1. The van der Waals surface area contributed by atoms with Gasteiger partial charge < -0.3 is 15.4 Å². The van der Waals surface area contributed by atoms with Crippen LogP contribution in [0.5, 0.6) is 5.75 Å². The van der Waals surface area contributed by atoms with Crippen molar-refractivity contribution in [2.45, 2.75) is 13.0 Å². The first kappa shape index (κ1) is 18.7. The summed E-state index contributed by atoms with van der Waals surface area (Å²) in [6, 6.07) is 6.94. The lowest BCUT2D eigenvalue weighted by molar-refractivity contribution is -0.120. The van der Waals surface area contributed by atoms with Gasteiger partial charge in [-0.1, -0.05) is 17.7 Å². The highest BCUT2D eigenvalue weighted by Crippen LogP contribution is 2.21. The zero-order valence-electron chi connectivity index (χ0n) is 13.7. The minimum Gasteiger partial charge on any atom is -0.494 e. The number of nitrogens with one attached hydrogen (secondary N) is 2. The van der Waals surface area contributed by atoms with Crippen LogP contribution in [0.2, 0.25) is 5.02 Å². The predicted molar refractivity (Wildman–Crippen MR) is 91.1 cm³/mol. The first-order valence-electron chi connectivity index (χ1n) is 7.43. The van der Waals surface area contributed by atoms with Crippen LogP contribution in [0.4, 0.5) is 4.39 Å². The predicted octanol–water partition coefficient (Wildman–Crippen LogP) is 2.49. The zero-order chi connectivity index (χ0) is 18.4. The summed E-state index contributed by atoms with van der Waals surface area (Å²) in [6.07, 6.45) is 1.40. The van der Waals surface area contributed by atoms with Crippen LogP contribution in [0.25, 0.3) is 0 Å². The molecule has 1 heterocycles. The number of carbonyl (C=O) groups is 2. The van der Waals surface area contributed by atoms with Crippen molar-refractivity contribution in [2.24, 2.45) is 0 Å². The lowest BCUT2D eigenvalue weighted by Gasteiger charge is -2.15. The number of ether oxygens (including phenoxy) is 1. The third-order valence-corrected chi connectivity index (χ3v) is 3.65. The zero-order valence-corrected chi connectivity index (χ0v) is 14.4. The number of hydrogen-bond donors (Lipinski definition) is 2. The van der Waals surface area contributed by atoms with Crippen molar-refractivity contribution in [1.29, 1.82) is 0 Å². The molecule has 0 spiro atoms. The van der Waals surface area contributed by atoms with Crippen molar-refractivity contribution in [3.8, 4) is 5.75 Å². The number of benzene rings is 1. The Morgan fingerprint density at radius 2 is 2.08 bits per heavy atom. The highest BCUT2D eigenvalue weighted by atomic mass is 35.5. The second-order valence-electron chi connectivity index (χ2n) is 5.23. The van der Waals surface area contributed by atoms with Crippen LogP contribution in [0, 0.1) is 5.82 Å². The van der Waals surface area contributed by atoms with E-state index in [1.54, 1.807) is 19.1 Å². The van der Waals surface area contributed by atoms with Gasteiger partial charge in [-0.05, 0) is 36.8 Å². The molecule has 132 valence electrons. The van der Waals surface area contributed by atoms with E-state index in [0.29, 0.717) is 10.6 Å². The number of rotatable bonds is 6. The topological polar surface area (TPSA) is 80.3 Å². The van der Waals surface area contributed by atoms with E-state index in [0.717, 1.165) is 0 Å². The van der Waals surface area contributed by atoms with Crippen molar-refractivity contribution in [1.82, 2.24) is 15.6 Å². The fraction of sp³-hybridized carbons (Fsp3) is 0.235. The Balaban J connectivity index is 1.89. The van der Waals surface area contributed by atoms with Gasteiger partial charge in [0.25, 0.3) is 5.91 Å². The Kier molecular flexibility index (Phi) is 6.30. The summed E-state index contributed by atoms with van der Waals surface area (Å²) in [4.78, 5) is 27.7. The molecule has 0 saturated heterocycles. The molecular weight excluding hydrogens is 349 g/mol. The fourth-order valence-corrected chi connectivity index (χ4v) is 2.27. The molecule has 0 aliphatic carbocycles. The highest BCUT2D eigenvalue weighted by Gasteiger charge is 2.14. The van der Waals surface area contributed by atoms with E-state index < -0.39 is 23.7 Å². The largest absolute Gasteiger partial charge is 0.494 e. The molecule has 1 aromatic carbocycles. The Bertz CT molecular complexity index is 785. The molecule has 1 atom stereocenters. The molecular formula is C17H17ClFN3O3. The molecule has 0 bridgehead atoms. The number of halogens is 2. The molecule has 2 amide bonds. The van der Waals surface area contributed by atoms with E-state index in [1.165, 1.54) is 31.5 Å². The van der Waals surface area contributed by atoms with Gasteiger partial charge >= 0.3 is 0 Å². The van der Waals surface area contributed by atoms with Gasteiger partial charge in [-0.25, -0.2) is 4.39 Å². The fourth-order valence-electron chi connectivity index (χ4n) is 2.11. The maximum absolute atomic E-state index is 13.7. The van der Waals surface area contributed by atoms with Gasteiger partial charge in [0.1, 0.15) is 5.69 Å². The van der Waals surface area contributed by atoms with Crippen molar-refractivity contribution in [3.63, 3.8) is 0 Å². The van der Waals surface area contributed by atoms with Crippen molar-refractivity contribution in [2.75, 3.05) is 13.7 Å². The molecule has 2 aromatic rings. The van der Waals surface area contributed by atoms with Crippen molar-refractivity contribution < 1.29 is 18.7 Å². The van der Waals surface area contributed by atoms with Gasteiger partial charge in [0.05, 0.1) is 19.7 Å². The summed E-state index contributed by atoms with van der Waals surface area (Å²) in [5.74, 6) is -1.31.